The summed E-state index contributed by atoms with van der Waals surface area (Å²) in [5.74, 6) is -0.134. The van der Waals surface area contributed by atoms with Gasteiger partial charge in [0.2, 0.25) is 0 Å². The summed E-state index contributed by atoms with van der Waals surface area (Å²) in [6.07, 6.45) is 0.786. The predicted molar refractivity (Wildman–Crippen MR) is 65.9 cm³/mol. The van der Waals surface area contributed by atoms with Crippen molar-refractivity contribution in [1.29, 1.82) is 0 Å². The Hall–Kier alpha value is -1.39. The maximum Gasteiger partial charge on any atom is 0.254 e. The fourth-order valence-electron chi connectivity index (χ4n) is 1.76. The first-order valence-electron chi connectivity index (χ1n) is 5.83. The van der Waals surface area contributed by atoms with Gasteiger partial charge in [0.25, 0.3) is 5.91 Å². The van der Waals surface area contributed by atoms with Crippen molar-refractivity contribution >= 4 is 5.91 Å². The molecule has 0 bridgehead atoms. The lowest BCUT2D eigenvalue weighted by atomic mass is 10.0. The molecule has 0 unspecified atom stereocenters. The smallest absolute Gasteiger partial charge is 0.254 e. The topological polar surface area (TPSA) is 60.8 Å². The van der Waals surface area contributed by atoms with Crippen molar-refractivity contribution in [2.24, 2.45) is 0 Å². The Morgan fingerprint density at radius 3 is 2.29 bits per heavy atom. The Morgan fingerprint density at radius 2 is 1.76 bits per heavy atom. The van der Waals surface area contributed by atoms with Crippen molar-refractivity contribution < 1.29 is 15.0 Å². The molecule has 1 rings (SSSR count). The van der Waals surface area contributed by atoms with Gasteiger partial charge in [-0.15, -0.1) is 0 Å². The van der Waals surface area contributed by atoms with Gasteiger partial charge in [0.15, 0.2) is 0 Å². The molecule has 94 valence electrons. The molecule has 4 heteroatoms. The van der Waals surface area contributed by atoms with Crippen molar-refractivity contribution in [3.05, 3.63) is 35.4 Å². The highest BCUT2D eigenvalue weighted by molar-refractivity contribution is 5.95. The van der Waals surface area contributed by atoms with Gasteiger partial charge in [0, 0.05) is 18.7 Å². The molecule has 1 amide bonds. The molecule has 2 N–H and O–H groups in total. The van der Waals surface area contributed by atoms with E-state index in [1.165, 1.54) is 4.90 Å². The molecule has 0 saturated carbocycles. The maximum atomic E-state index is 12.2. The first-order chi connectivity index (χ1) is 8.24. The Morgan fingerprint density at radius 1 is 1.18 bits per heavy atom. The second-order valence-electron chi connectivity index (χ2n) is 3.75. The van der Waals surface area contributed by atoms with Gasteiger partial charge in [-0.1, -0.05) is 25.1 Å². The van der Waals surface area contributed by atoms with Crippen LogP contribution in [-0.2, 0) is 6.42 Å². The van der Waals surface area contributed by atoms with Crippen LogP contribution in [0.4, 0.5) is 0 Å². The molecule has 4 nitrogen and oxygen atoms in total. The zero-order chi connectivity index (χ0) is 12.7. The number of benzene rings is 1. The molecular weight excluding hydrogens is 218 g/mol. The molecule has 1 aromatic rings. The number of aliphatic hydroxyl groups excluding tert-OH is 2. The summed E-state index contributed by atoms with van der Waals surface area (Å²) >= 11 is 0. The SMILES string of the molecule is CCc1ccccc1C(=O)N(CCO)CCO. The molecule has 0 radical (unpaired) electrons. The molecule has 0 aliphatic carbocycles. The Labute approximate surface area is 101 Å². The second-order valence-corrected chi connectivity index (χ2v) is 3.75. The molecule has 0 fully saturated rings. The summed E-state index contributed by atoms with van der Waals surface area (Å²) in [6, 6.07) is 7.42. The minimum absolute atomic E-state index is 0.0972. The summed E-state index contributed by atoms with van der Waals surface area (Å²) in [6.45, 7) is 2.30. The van der Waals surface area contributed by atoms with E-state index in [0.29, 0.717) is 5.56 Å². The second kappa shape index (κ2) is 7.04. The van der Waals surface area contributed by atoms with Crippen LogP contribution in [0.3, 0.4) is 0 Å². The third-order valence-electron chi connectivity index (χ3n) is 2.66. The number of nitrogens with zero attached hydrogens (tertiary/aromatic N) is 1. The van der Waals surface area contributed by atoms with Crippen LogP contribution in [0.25, 0.3) is 0 Å². The zero-order valence-electron chi connectivity index (χ0n) is 10.1. The van der Waals surface area contributed by atoms with E-state index in [1.54, 1.807) is 6.07 Å². The highest BCUT2D eigenvalue weighted by Gasteiger charge is 2.16. The van der Waals surface area contributed by atoms with E-state index >= 15 is 0 Å². The molecule has 0 spiro atoms. The molecule has 0 aliphatic rings. The molecule has 17 heavy (non-hydrogen) atoms. The van der Waals surface area contributed by atoms with Crippen LogP contribution in [0, 0.1) is 0 Å². The van der Waals surface area contributed by atoms with Crippen LogP contribution in [0.15, 0.2) is 24.3 Å². The van der Waals surface area contributed by atoms with Crippen molar-refractivity contribution in [1.82, 2.24) is 4.90 Å². The van der Waals surface area contributed by atoms with Crippen LogP contribution in [0.1, 0.15) is 22.8 Å². The number of hydrogen-bond acceptors (Lipinski definition) is 3. The van der Waals surface area contributed by atoms with Crippen molar-refractivity contribution in [3.63, 3.8) is 0 Å². The summed E-state index contributed by atoms with van der Waals surface area (Å²) in [5, 5.41) is 17.8. The molecule has 1 aromatic carbocycles. The Bertz CT molecular complexity index is 359. The number of carbonyl (C=O) groups is 1. The molecule has 0 heterocycles. The molecule has 0 atom stereocenters. The normalized spacial score (nSPS) is 10.3. The summed E-state index contributed by atoms with van der Waals surface area (Å²) in [4.78, 5) is 13.7. The van der Waals surface area contributed by atoms with E-state index in [9.17, 15) is 4.79 Å². The number of hydrogen-bond donors (Lipinski definition) is 2. The van der Waals surface area contributed by atoms with Gasteiger partial charge in [-0.25, -0.2) is 0 Å². The van der Waals surface area contributed by atoms with Gasteiger partial charge < -0.3 is 15.1 Å². The quantitative estimate of drug-likeness (QED) is 0.764. The van der Waals surface area contributed by atoms with Crippen LogP contribution in [0.5, 0.6) is 0 Å². The minimum atomic E-state index is -0.134. The van der Waals surface area contributed by atoms with E-state index in [0.717, 1.165) is 12.0 Å². The zero-order valence-corrected chi connectivity index (χ0v) is 10.1. The third-order valence-corrected chi connectivity index (χ3v) is 2.66. The number of aliphatic hydroxyl groups is 2. The maximum absolute atomic E-state index is 12.2. The highest BCUT2D eigenvalue weighted by atomic mass is 16.3. The lowest BCUT2D eigenvalue weighted by Gasteiger charge is -2.21. The van der Waals surface area contributed by atoms with Crippen molar-refractivity contribution in [3.8, 4) is 0 Å². The van der Waals surface area contributed by atoms with Gasteiger partial charge in [-0.05, 0) is 18.1 Å². The van der Waals surface area contributed by atoms with Crippen LogP contribution >= 0.6 is 0 Å². The van der Waals surface area contributed by atoms with Gasteiger partial charge in [-0.3, -0.25) is 4.79 Å². The number of aryl methyl sites for hydroxylation is 1. The number of carbonyl (C=O) groups excluding carboxylic acids is 1. The van der Waals surface area contributed by atoms with E-state index in [2.05, 4.69) is 0 Å². The highest BCUT2D eigenvalue weighted by Crippen LogP contribution is 2.12. The van der Waals surface area contributed by atoms with Gasteiger partial charge in [0.1, 0.15) is 0 Å². The monoisotopic (exact) mass is 237 g/mol. The first-order valence-corrected chi connectivity index (χ1v) is 5.83. The predicted octanol–water partition coefficient (Wildman–Crippen LogP) is 0.676. The van der Waals surface area contributed by atoms with Gasteiger partial charge >= 0.3 is 0 Å². The fraction of sp³-hybridized carbons (Fsp3) is 0.462. The average Bonchev–Trinajstić information content (AvgIpc) is 2.37. The lowest BCUT2D eigenvalue weighted by molar-refractivity contribution is 0.0684. The Kier molecular flexibility index (Phi) is 5.66. The van der Waals surface area contributed by atoms with Crippen molar-refractivity contribution in [2.45, 2.75) is 13.3 Å². The summed E-state index contributed by atoms with van der Waals surface area (Å²) in [7, 11) is 0. The van der Waals surface area contributed by atoms with E-state index in [1.807, 2.05) is 25.1 Å². The van der Waals surface area contributed by atoms with Crippen LogP contribution < -0.4 is 0 Å². The average molecular weight is 237 g/mol. The van der Waals surface area contributed by atoms with E-state index in [-0.39, 0.29) is 32.2 Å². The van der Waals surface area contributed by atoms with E-state index in [4.69, 9.17) is 10.2 Å². The Balaban J connectivity index is 2.92. The molecule has 0 aromatic heterocycles. The number of rotatable bonds is 6. The van der Waals surface area contributed by atoms with Gasteiger partial charge in [-0.2, -0.15) is 0 Å². The molecule has 0 aliphatic heterocycles. The summed E-state index contributed by atoms with van der Waals surface area (Å²) < 4.78 is 0. The molecule has 0 saturated heterocycles. The van der Waals surface area contributed by atoms with Crippen molar-refractivity contribution in [2.75, 3.05) is 26.3 Å². The minimum Gasteiger partial charge on any atom is -0.395 e. The standard InChI is InChI=1S/C13H19NO3/c1-2-11-5-3-4-6-12(11)13(17)14(7-9-15)8-10-16/h3-6,15-16H,2,7-10H2,1H3. The lowest BCUT2D eigenvalue weighted by Crippen LogP contribution is -2.36. The largest absolute Gasteiger partial charge is 0.395 e. The van der Waals surface area contributed by atoms with E-state index < -0.39 is 0 Å². The van der Waals surface area contributed by atoms with Crippen LogP contribution in [-0.4, -0.2) is 47.3 Å². The first kappa shape index (κ1) is 13.7. The number of amides is 1. The van der Waals surface area contributed by atoms with Gasteiger partial charge in [0.05, 0.1) is 13.2 Å². The fourth-order valence-corrected chi connectivity index (χ4v) is 1.76. The molecular formula is C13H19NO3. The van der Waals surface area contributed by atoms with Crippen LogP contribution in [0.2, 0.25) is 0 Å². The third kappa shape index (κ3) is 3.54. The summed E-state index contributed by atoms with van der Waals surface area (Å²) in [5.41, 5.74) is 1.63.